The molecule has 1 aromatic rings. The fourth-order valence-electron chi connectivity index (χ4n) is 1.77. The Balaban J connectivity index is 2.18. The Morgan fingerprint density at radius 1 is 1.50 bits per heavy atom. The van der Waals surface area contributed by atoms with Crippen LogP contribution in [0.1, 0.15) is 18.1 Å². The van der Waals surface area contributed by atoms with E-state index in [0.29, 0.717) is 19.0 Å². The molecule has 4 heteroatoms. The lowest BCUT2D eigenvalue weighted by atomic mass is 10.1. The van der Waals surface area contributed by atoms with Crippen LogP contribution < -0.4 is 10.5 Å². The van der Waals surface area contributed by atoms with E-state index in [4.69, 9.17) is 15.2 Å². The maximum Gasteiger partial charge on any atom is 0.127 e. The molecular weight excluding hydrogens is 228 g/mol. The molecule has 2 rings (SSSR count). The minimum atomic E-state index is 0.121. The van der Waals surface area contributed by atoms with E-state index in [1.54, 1.807) is 7.11 Å². The first-order chi connectivity index (χ1) is 8.70. The second-order valence-electron chi connectivity index (χ2n) is 4.19. The van der Waals surface area contributed by atoms with E-state index in [1.807, 2.05) is 31.2 Å². The number of ether oxygens (including phenoxy) is 2. The number of amidine groups is 1. The van der Waals surface area contributed by atoms with Gasteiger partial charge in [0.05, 0.1) is 13.2 Å². The third kappa shape index (κ3) is 2.90. The van der Waals surface area contributed by atoms with Gasteiger partial charge in [0, 0.05) is 18.2 Å². The van der Waals surface area contributed by atoms with Gasteiger partial charge in [-0.05, 0) is 31.2 Å². The summed E-state index contributed by atoms with van der Waals surface area (Å²) in [5.74, 6) is 1.42. The van der Waals surface area contributed by atoms with E-state index in [1.165, 1.54) is 0 Å². The number of nitrogens with zero attached hydrogens (tertiary/aromatic N) is 1. The summed E-state index contributed by atoms with van der Waals surface area (Å²) in [6, 6.07) is 5.85. The van der Waals surface area contributed by atoms with Gasteiger partial charge in [-0.25, -0.2) is 0 Å². The van der Waals surface area contributed by atoms with Crippen molar-refractivity contribution in [2.24, 2.45) is 10.7 Å². The molecule has 0 fully saturated rings. The fraction of sp³-hybridized carbons (Fsp3) is 0.357. The van der Waals surface area contributed by atoms with E-state index >= 15 is 0 Å². The third-order valence-electron chi connectivity index (χ3n) is 2.74. The summed E-state index contributed by atoms with van der Waals surface area (Å²) in [5, 5.41) is 0. The molecule has 1 heterocycles. The Hall–Kier alpha value is -1.81. The molecule has 0 aromatic heterocycles. The predicted molar refractivity (Wildman–Crippen MR) is 73.0 cm³/mol. The van der Waals surface area contributed by atoms with Crippen molar-refractivity contribution < 1.29 is 9.47 Å². The molecule has 1 aromatic carbocycles. The van der Waals surface area contributed by atoms with Gasteiger partial charge >= 0.3 is 0 Å². The van der Waals surface area contributed by atoms with Crippen molar-refractivity contribution in [2.75, 3.05) is 20.3 Å². The first-order valence-electron chi connectivity index (χ1n) is 5.99. The number of methoxy groups -OCH3 is 1. The van der Waals surface area contributed by atoms with Crippen molar-refractivity contribution in [1.82, 2.24) is 0 Å². The van der Waals surface area contributed by atoms with E-state index in [0.717, 1.165) is 16.9 Å². The smallest absolute Gasteiger partial charge is 0.127 e. The van der Waals surface area contributed by atoms with Crippen LogP contribution >= 0.6 is 0 Å². The molecule has 96 valence electrons. The second-order valence-corrected chi connectivity index (χ2v) is 4.19. The Kier molecular flexibility index (Phi) is 3.99. The fourth-order valence-corrected chi connectivity index (χ4v) is 1.77. The maximum absolute atomic E-state index is 5.93. The normalized spacial score (nSPS) is 18.3. The highest BCUT2D eigenvalue weighted by Gasteiger charge is 2.11. The summed E-state index contributed by atoms with van der Waals surface area (Å²) in [5.41, 5.74) is 7.87. The van der Waals surface area contributed by atoms with Crippen LogP contribution in [0.15, 0.2) is 29.3 Å². The van der Waals surface area contributed by atoms with Gasteiger partial charge in [-0.2, -0.15) is 0 Å². The molecule has 18 heavy (non-hydrogen) atoms. The molecule has 0 saturated heterocycles. The summed E-state index contributed by atoms with van der Waals surface area (Å²) >= 11 is 0. The van der Waals surface area contributed by atoms with Crippen LogP contribution in [0.5, 0.6) is 5.75 Å². The zero-order valence-electron chi connectivity index (χ0n) is 10.7. The lowest BCUT2D eigenvalue weighted by Gasteiger charge is -2.18. The SMILES string of the molecule is COCCN=C(N)c1ccc2c(c1)C=CC(C)O2. The van der Waals surface area contributed by atoms with E-state index in [2.05, 4.69) is 11.1 Å². The first-order valence-corrected chi connectivity index (χ1v) is 5.99. The van der Waals surface area contributed by atoms with Gasteiger partial charge in [-0.1, -0.05) is 6.08 Å². The Morgan fingerprint density at radius 2 is 2.33 bits per heavy atom. The van der Waals surface area contributed by atoms with Gasteiger partial charge in [0.25, 0.3) is 0 Å². The average Bonchev–Trinajstić information content (AvgIpc) is 2.38. The average molecular weight is 246 g/mol. The summed E-state index contributed by atoms with van der Waals surface area (Å²) < 4.78 is 10.6. The van der Waals surface area contributed by atoms with Gasteiger partial charge in [0.15, 0.2) is 0 Å². The van der Waals surface area contributed by atoms with Gasteiger partial charge < -0.3 is 15.2 Å². The maximum atomic E-state index is 5.93. The van der Waals surface area contributed by atoms with Crippen LogP contribution in [0.2, 0.25) is 0 Å². The van der Waals surface area contributed by atoms with Crippen LogP contribution in [0.25, 0.3) is 6.08 Å². The molecule has 0 spiro atoms. The van der Waals surface area contributed by atoms with Gasteiger partial charge in [-0.15, -0.1) is 0 Å². The minimum Gasteiger partial charge on any atom is -0.486 e. The molecule has 1 unspecified atom stereocenters. The number of hydrogen-bond donors (Lipinski definition) is 1. The lowest BCUT2D eigenvalue weighted by Crippen LogP contribution is -2.16. The lowest BCUT2D eigenvalue weighted by molar-refractivity contribution is 0.208. The summed E-state index contributed by atoms with van der Waals surface area (Å²) in [6.07, 6.45) is 4.19. The monoisotopic (exact) mass is 246 g/mol. The first kappa shape index (κ1) is 12.6. The van der Waals surface area contributed by atoms with Gasteiger partial charge in [0.1, 0.15) is 17.7 Å². The number of benzene rings is 1. The molecule has 1 aliphatic heterocycles. The molecular formula is C14H18N2O2. The van der Waals surface area contributed by atoms with Gasteiger partial charge in [0.2, 0.25) is 0 Å². The number of rotatable bonds is 4. The number of nitrogens with two attached hydrogens (primary N) is 1. The minimum absolute atomic E-state index is 0.121. The molecule has 1 aliphatic rings. The number of hydrogen-bond acceptors (Lipinski definition) is 3. The number of fused-ring (bicyclic) bond motifs is 1. The van der Waals surface area contributed by atoms with Crippen molar-refractivity contribution in [3.63, 3.8) is 0 Å². The predicted octanol–water partition coefficient (Wildman–Crippen LogP) is 1.83. The summed E-state index contributed by atoms with van der Waals surface area (Å²) in [7, 11) is 1.65. The third-order valence-corrected chi connectivity index (χ3v) is 2.74. The zero-order valence-corrected chi connectivity index (χ0v) is 10.7. The molecule has 0 saturated carbocycles. The largest absolute Gasteiger partial charge is 0.486 e. The highest BCUT2D eigenvalue weighted by Crippen LogP contribution is 2.26. The molecule has 0 aliphatic carbocycles. The van der Waals surface area contributed by atoms with Crippen LogP contribution in [0, 0.1) is 0 Å². The summed E-state index contributed by atoms with van der Waals surface area (Å²) in [4.78, 5) is 4.25. The summed E-state index contributed by atoms with van der Waals surface area (Å²) in [6.45, 7) is 3.16. The molecule has 0 bridgehead atoms. The standard InChI is InChI=1S/C14H18N2O2/c1-10-3-4-11-9-12(5-6-13(11)18-10)14(15)16-7-8-17-2/h3-6,9-10H,7-8H2,1-2H3,(H2,15,16). The molecule has 1 atom stereocenters. The second kappa shape index (κ2) is 5.69. The molecule has 4 nitrogen and oxygen atoms in total. The van der Waals surface area contributed by atoms with Crippen LogP contribution in [-0.2, 0) is 4.74 Å². The Morgan fingerprint density at radius 3 is 3.11 bits per heavy atom. The van der Waals surface area contributed by atoms with E-state index in [9.17, 15) is 0 Å². The van der Waals surface area contributed by atoms with Crippen molar-refractivity contribution >= 4 is 11.9 Å². The van der Waals surface area contributed by atoms with Crippen LogP contribution in [0.3, 0.4) is 0 Å². The number of aliphatic imine (C=N–C) groups is 1. The highest BCUT2D eigenvalue weighted by atomic mass is 16.5. The topological polar surface area (TPSA) is 56.8 Å². The Labute approximate surface area is 107 Å². The quantitative estimate of drug-likeness (QED) is 0.501. The van der Waals surface area contributed by atoms with Crippen molar-refractivity contribution in [3.8, 4) is 5.75 Å². The van der Waals surface area contributed by atoms with Crippen molar-refractivity contribution in [2.45, 2.75) is 13.0 Å². The van der Waals surface area contributed by atoms with E-state index < -0.39 is 0 Å². The van der Waals surface area contributed by atoms with Crippen LogP contribution in [0.4, 0.5) is 0 Å². The molecule has 2 N–H and O–H groups in total. The zero-order chi connectivity index (χ0) is 13.0. The van der Waals surface area contributed by atoms with Crippen molar-refractivity contribution in [3.05, 3.63) is 35.4 Å². The van der Waals surface area contributed by atoms with Gasteiger partial charge in [-0.3, -0.25) is 4.99 Å². The molecule has 0 radical (unpaired) electrons. The molecule has 0 amide bonds. The van der Waals surface area contributed by atoms with E-state index in [-0.39, 0.29) is 6.10 Å². The van der Waals surface area contributed by atoms with Crippen LogP contribution in [-0.4, -0.2) is 32.2 Å². The highest BCUT2D eigenvalue weighted by molar-refractivity contribution is 5.98. The van der Waals surface area contributed by atoms with Crippen molar-refractivity contribution in [1.29, 1.82) is 0 Å². The Bertz CT molecular complexity index is 481.